The van der Waals surface area contributed by atoms with Crippen molar-refractivity contribution in [3.63, 3.8) is 0 Å². The number of hydrogen-bond acceptors (Lipinski definition) is 8. The number of hydrogen-bond donors (Lipinski definition) is 1. The normalized spacial score (nSPS) is 20.4. The molecule has 2 aliphatic rings. The summed E-state index contributed by atoms with van der Waals surface area (Å²) in [5.41, 5.74) is 0.884. The summed E-state index contributed by atoms with van der Waals surface area (Å²) in [6, 6.07) is 5.31. The average molecular weight is 557 g/mol. The van der Waals surface area contributed by atoms with Crippen molar-refractivity contribution in [3.05, 3.63) is 41.6 Å². The number of amides is 1. The van der Waals surface area contributed by atoms with Crippen LogP contribution >= 0.6 is 0 Å². The second-order valence-electron chi connectivity index (χ2n) is 11.2. The molecule has 1 aromatic heterocycles. The summed E-state index contributed by atoms with van der Waals surface area (Å²) in [6.07, 6.45) is 6.64. The lowest BCUT2D eigenvalue weighted by atomic mass is 9.83. The number of aryl methyl sites for hydroxylation is 2. The fourth-order valence-electron chi connectivity index (χ4n) is 5.84. The molecular weight excluding hydrogens is 512 g/mol. The van der Waals surface area contributed by atoms with E-state index < -0.39 is 11.9 Å². The van der Waals surface area contributed by atoms with Gasteiger partial charge in [0.1, 0.15) is 5.76 Å². The Balaban J connectivity index is 1.54. The van der Waals surface area contributed by atoms with Crippen LogP contribution in [0.5, 0.6) is 11.5 Å². The molecule has 1 fully saturated rings. The van der Waals surface area contributed by atoms with E-state index in [1.165, 1.54) is 0 Å². The minimum Gasteiger partial charge on any atom is -0.481 e. The number of nitrogens with zero attached hydrogens (tertiary/aromatic N) is 4. The largest absolute Gasteiger partial charge is 0.481 e. The van der Waals surface area contributed by atoms with E-state index in [1.54, 1.807) is 6.20 Å². The summed E-state index contributed by atoms with van der Waals surface area (Å²) < 4.78 is 16.7. The molecule has 1 aromatic carbocycles. The Morgan fingerprint density at radius 1 is 1.10 bits per heavy atom. The number of carbonyl (C=O) groups is 2. The number of oxazole rings is 1. The number of carboxylic acids is 1. The number of fused-ring (bicyclic) bond motifs is 1. The molecule has 1 amide bonds. The minimum atomic E-state index is -0.863. The zero-order chi connectivity index (χ0) is 28.6. The number of likely N-dealkylation sites (tertiary alicyclic amines) is 1. The quantitative estimate of drug-likeness (QED) is 0.328. The standard InChI is InChI=1S/C30H44N4O6/c1-5-6-14-33(15-8-7-13-32(3)4)28(35)19-34-18-23(22-9-11-25-26(16-22)39-20-38-25)29(30(36)37)24(34)10-12-27-31-17-21(2)40-27/h9,11,16-17,23-24,29H,5-8,10,12-15,18-20H2,1-4H3,(H,36,37)/t23?,24-,29+/m1/s1. The summed E-state index contributed by atoms with van der Waals surface area (Å²) in [7, 11) is 4.12. The first kappa shape index (κ1) is 29.9. The van der Waals surface area contributed by atoms with Gasteiger partial charge in [-0.3, -0.25) is 14.5 Å². The van der Waals surface area contributed by atoms with Crippen LogP contribution in [0.3, 0.4) is 0 Å². The first-order chi connectivity index (χ1) is 19.3. The number of carboxylic acid groups (broad SMARTS) is 1. The highest BCUT2D eigenvalue weighted by atomic mass is 16.7. The molecule has 0 spiro atoms. The first-order valence-corrected chi connectivity index (χ1v) is 14.5. The van der Waals surface area contributed by atoms with Gasteiger partial charge in [-0.15, -0.1) is 0 Å². The molecule has 0 aliphatic carbocycles. The fraction of sp³-hybridized carbons (Fsp3) is 0.633. The predicted molar refractivity (Wildman–Crippen MR) is 151 cm³/mol. The van der Waals surface area contributed by atoms with Crippen molar-refractivity contribution < 1.29 is 28.6 Å². The maximum Gasteiger partial charge on any atom is 0.308 e. The summed E-state index contributed by atoms with van der Waals surface area (Å²) in [5, 5.41) is 10.5. The van der Waals surface area contributed by atoms with E-state index in [4.69, 9.17) is 13.9 Å². The van der Waals surface area contributed by atoms with Crippen molar-refractivity contribution in [3.8, 4) is 11.5 Å². The lowest BCUT2D eigenvalue weighted by Gasteiger charge is -2.29. The lowest BCUT2D eigenvalue weighted by Crippen LogP contribution is -2.45. The SMILES string of the molecule is CCCCN(CCCCN(C)C)C(=O)CN1CC(c2ccc3c(c2)OCO3)[C@H](C(=O)O)[C@H]1CCc1ncc(C)o1. The van der Waals surface area contributed by atoms with Crippen LogP contribution in [-0.4, -0.2) is 96.3 Å². The monoisotopic (exact) mass is 556 g/mol. The van der Waals surface area contributed by atoms with Gasteiger partial charge >= 0.3 is 5.97 Å². The van der Waals surface area contributed by atoms with Crippen LogP contribution in [0, 0.1) is 12.8 Å². The van der Waals surface area contributed by atoms with Gasteiger partial charge in [-0.1, -0.05) is 19.4 Å². The van der Waals surface area contributed by atoms with E-state index in [9.17, 15) is 14.7 Å². The van der Waals surface area contributed by atoms with Crippen LogP contribution in [0.15, 0.2) is 28.8 Å². The lowest BCUT2D eigenvalue weighted by molar-refractivity contribution is -0.143. The highest BCUT2D eigenvalue weighted by molar-refractivity contribution is 5.79. The molecular formula is C30H44N4O6. The molecule has 2 aromatic rings. The molecule has 220 valence electrons. The van der Waals surface area contributed by atoms with E-state index >= 15 is 0 Å². The second-order valence-corrected chi connectivity index (χ2v) is 11.2. The molecule has 4 rings (SSSR count). The van der Waals surface area contributed by atoms with Gasteiger partial charge in [-0.05, 0) is 70.9 Å². The number of unbranched alkanes of at least 4 members (excludes halogenated alkanes) is 2. The number of ether oxygens (including phenoxy) is 2. The van der Waals surface area contributed by atoms with Crippen molar-refractivity contribution >= 4 is 11.9 Å². The van der Waals surface area contributed by atoms with Gasteiger partial charge in [0.05, 0.1) is 18.7 Å². The molecule has 1 N–H and O–H groups in total. The molecule has 10 heteroatoms. The van der Waals surface area contributed by atoms with Crippen LogP contribution in [0.25, 0.3) is 0 Å². The minimum absolute atomic E-state index is 0.0609. The van der Waals surface area contributed by atoms with Crippen molar-refractivity contribution in [2.45, 2.75) is 64.3 Å². The molecule has 1 saturated heterocycles. The third kappa shape index (κ3) is 7.54. The second kappa shape index (κ2) is 14.0. The van der Waals surface area contributed by atoms with Gasteiger partial charge in [0, 0.05) is 38.0 Å². The molecule has 10 nitrogen and oxygen atoms in total. The number of rotatable bonds is 15. The van der Waals surface area contributed by atoms with Gasteiger partial charge in [-0.2, -0.15) is 0 Å². The van der Waals surface area contributed by atoms with Crippen molar-refractivity contribution in [2.24, 2.45) is 5.92 Å². The summed E-state index contributed by atoms with van der Waals surface area (Å²) in [4.78, 5) is 37.0. The molecule has 40 heavy (non-hydrogen) atoms. The zero-order valence-corrected chi connectivity index (χ0v) is 24.3. The maximum absolute atomic E-state index is 13.7. The summed E-state index contributed by atoms with van der Waals surface area (Å²) >= 11 is 0. The van der Waals surface area contributed by atoms with E-state index in [2.05, 4.69) is 35.8 Å². The van der Waals surface area contributed by atoms with Crippen molar-refractivity contribution in [2.75, 3.05) is 53.6 Å². The third-order valence-electron chi connectivity index (χ3n) is 7.94. The number of aliphatic carboxylic acids is 1. The Morgan fingerprint density at radius 2 is 1.85 bits per heavy atom. The van der Waals surface area contributed by atoms with Gasteiger partial charge in [0.2, 0.25) is 12.7 Å². The van der Waals surface area contributed by atoms with Crippen molar-refractivity contribution in [1.29, 1.82) is 0 Å². The van der Waals surface area contributed by atoms with Gasteiger partial charge in [0.15, 0.2) is 17.4 Å². The van der Waals surface area contributed by atoms with Gasteiger partial charge in [0.25, 0.3) is 0 Å². The van der Waals surface area contributed by atoms with Gasteiger partial charge < -0.3 is 28.8 Å². The van der Waals surface area contributed by atoms with Crippen LogP contribution in [0.1, 0.15) is 62.2 Å². The van der Waals surface area contributed by atoms with Gasteiger partial charge in [-0.25, -0.2) is 4.98 Å². The van der Waals surface area contributed by atoms with Crippen molar-refractivity contribution in [1.82, 2.24) is 19.7 Å². The highest BCUT2D eigenvalue weighted by Crippen LogP contribution is 2.43. The van der Waals surface area contributed by atoms with E-state index in [0.29, 0.717) is 43.3 Å². The highest BCUT2D eigenvalue weighted by Gasteiger charge is 2.47. The average Bonchev–Trinajstić information content (AvgIpc) is 3.64. The van der Waals surface area contributed by atoms with Crippen LogP contribution in [-0.2, 0) is 16.0 Å². The zero-order valence-electron chi connectivity index (χ0n) is 24.3. The molecule has 2 aliphatic heterocycles. The molecule has 0 saturated carbocycles. The Kier molecular flexibility index (Phi) is 10.4. The first-order valence-electron chi connectivity index (χ1n) is 14.5. The Bertz CT molecular complexity index is 1140. The van der Waals surface area contributed by atoms with E-state index in [1.807, 2.05) is 30.0 Å². The van der Waals surface area contributed by atoms with Crippen LogP contribution in [0.4, 0.5) is 0 Å². The van der Waals surface area contributed by atoms with Crippen LogP contribution in [0.2, 0.25) is 0 Å². The summed E-state index contributed by atoms with van der Waals surface area (Å²) in [5.74, 6) is 0.827. The van der Waals surface area contributed by atoms with E-state index in [-0.39, 0.29) is 31.2 Å². The predicted octanol–water partition coefficient (Wildman–Crippen LogP) is 3.78. The van der Waals surface area contributed by atoms with Crippen LogP contribution < -0.4 is 9.47 Å². The summed E-state index contributed by atoms with van der Waals surface area (Å²) in [6.45, 7) is 7.22. The topological polar surface area (TPSA) is 109 Å². The van der Waals surface area contributed by atoms with E-state index in [0.717, 1.165) is 50.1 Å². The molecule has 3 heterocycles. The number of benzene rings is 1. The smallest absolute Gasteiger partial charge is 0.308 e. The third-order valence-corrected chi connectivity index (χ3v) is 7.94. The molecule has 0 radical (unpaired) electrons. The fourth-order valence-corrected chi connectivity index (χ4v) is 5.84. The maximum atomic E-state index is 13.7. The molecule has 1 unspecified atom stereocenters. The Hall–Kier alpha value is -3.11. The Labute approximate surface area is 237 Å². The molecule has 3 atom stereocenters. The molecule has 0 bridgehead atoms. The Morgan fingerprint density at radius 3 is 2.55 bits per heavy atom. The number of aromatic nitrogens is 1. The number of carbonyl (C=O) groups excluding carboxylic acids is 1.